The van der Waals surface area contributed by atoms with Gasteiger partial charge < -0.3 is 5.32 Å². The standard InChI is InChI=1S/C12H21N3O2S2/c1-13-9-6-10-15(2)19(16,17)14-11-7-4-5-8-12(11)18-3/h4-5,7-8,13-14H,6,9-10H2,1-3H3. The summed E-state index contributed by atoms with van der Waals surface area (Å²) in [5.74, 6) is 0. The van der Waals surface area contributed by atoms with E-state index in [0.717, 1.165) is 17.9 Å². The number of hydrogen-bond acceptors (Lipinski definition) is 4. The third-order valence-corrected chi connectivity index (χ3v) is 4.93. The molecular formula is C12H21N3O2S2. The first-order valence-corrected chi connectivity index (χ1v) is 8.69. The molecule has 0 bridgehead atoms. The second-order valence-corrected chi connectivity index (χ2v) is 6.71. The van der Waals surface area contributed by atoms with Gasteiger partial charge in [-0.15, -0.1) is 11.8 Å². The minimum absolute atomic E-state index is 0.484. The minimum Gasteiger partial charge on any atom is -0.320 e. The van der Waals surface area contributed by atoms with Crippen molar-refractivity contribution in [1.82, 2.24) is 9.62 Å². The number of thioether (sulfide) groups is 1. The Balaban J connectivity index is 2.73. The molecule has 1 rings (SSSR count). The van der Waals surface area contributed by atoms with Crippen LogP contribution in [0.2, 0.25) is 0 Å². The highest BCUT2D eigenvalue weighted by Crippen LogP contribution is 2.25. The molecule has 0 aliphatic carbocycles. The van der Waals surface area contributed by atoms with Gasteiger partial charge in [-0.3, -0.25) is 4.72 Å². The summed E-state index contributed by atoms with van der Waals surface area (Å²) in [7, 11) is -0.0525. The lowest BCUT2D eigenvalue weighted by atomic mass is 10.3. The maximum atomic E-state index is 12.1. The van der Waals surface area contributed by atoms with Gasteiger partial charge >= 0.3 is 10.2 Å². The van der Waals surface area contributed by atoms with E-state index in [1.54, 1.807) is 13.1 Å². The predicted molar refractivity (Wildman–Crippen MR) is 81.9 cm³/mol. The number of nitrogens with one attached hydrogen (secondary N) is 2. The lowest BCUT2D eigenvalue weighted by Gasteiger charge is -2.19. The number of anilines is 1. The average Bonchev–Trinajstić information content (AvgIpc) is 2.39. The predicted octanol–water partition coefficient (Wildman–Crippen LogP) is 1.61. The lowest BCUT2D eigenvalue weighted by Crippen LogP contribution is -2.34. The SMILES string of the molecule is CNCCCN(C)S(=O)(=O)Nc1ccccc1SC. The molecule has 19 heavy (non-hydrogen) atoms. The van der Waals surface area contributed by atoms with Crippen molar-refractivity contribution in [2.75, 3.05) is 38.2 Å². The molecular weight excluding hydrogens is 282 g/mol. The number of hydrogen-bond donors (Lipinski definition) is 2. The summed E-state index contributed by atoms with van der Waals surface area (Å²) in [5, 5.41) is 3.00. The summed E-state index contributed by atoms with van der Waals surface area (Å²) in [6, 6.07) is 7.37. The van der Waals surface area contributed by atoms with Crippen molar-refractivity contribution in [3.63, 3.8) is 0 Å². The molecule has 1 aromatic rings. The molecule has 0 radical (unpaired) electrons. The molecule has 0 fully saturated rings. The second kappa shape index (κ2) is 7.74. The lowest BCUT2D eigenvalue weighted by molar-refractivity contribution is 0.462. The van der Waals surface area contributed by atoms with Gasteiger partial charge in [0.25, 0.3) is 0 Å². The molecule has 0 saturated carbocycles. The summed E-state index contributed by atoms with van der Waals surface area (Å²) in [6.07, 6.45) is 2.70. The average molecular weight is 303 g/mol. The maximum absolute atomic E-state index is 12.1. The third-order valence-electron chi connectivity index (χ3n) is 2.66. The van der Waals surface area contributed by atoms with E-state index in [9.17, 15) is 8.42 Å². The van der Waals surface area contributed by atoms with Crippen molar-refractivity contribution in [3.05, 3.63) is 24.3 Å². The molecule has 108 valence electrons. The smallest absolute Gasteiger partial charge is 0.301 e. The Morgan fingerprint density at radius 3 is 2.63 bits per heavy atom. The first-order valence-electron chi connectivity index (χ1n) is 6.03. The van der Waals surface area contributed by atoms with Crippen LogP contribution in [-0.4, -0.2) is 46.2 Å². The van der Waals surface area contributed by atoms with Crippen LogP contribution in [0.25, 0.3) is 0 Å². The highest BCUT2D eigenvalue weighted by molar-refractivity contribution is 7.98. The van der Waals surface area contributed by atoms with Gasteiger partial charge in [0.15, 0.2) is 0 Å². The van der Waals surface area contributed by atoms with Crippen molar-refractivity contribution < 1.29 is 8.42 Å². The first kappa shape index (κ1) is 16.3. The molecule has 5 nitrogen and oxygen atoms in total. The van der Waals surface area contributed by atoms with Gasteiger partial charge in [0.1, 0.15) is 0 Å². The van der Waals surface area contributed by atoms with E-state index < -0.39 is 10.2 Å². The van der Waals surface area contributed by atoms with Crippen molar-refractivity contribution in [2.45, 2.75) is 11.3 Å². The summed E-state index contributed by atoms with van der Waals surface area (Å²) in [5.41, 5.74) is 0.621. The molecule has 7 heteroatoms. The molecule has 0 amide bonds. The Kier molecular flexibility index (Phi) is 6.64. The fourth-order valence-corrected chi connectivity index (χ4v) is 3.14. The van der Waals surface area contributed by atoms with Crippen LogP contribution in [0.3, 0.4) is 0 Å². The van der Waals surface area contributed by atoms with Crippen LogP contribution in [0.4, 0.5) is 5.69 Å². The van der Waals surface area contributed by atoms with Crippen molar-refractivity contribution >= 4 is 27.7 Å². The summed E-state index contributed by atoms with van der Waals surface area (Å²) >= 11 is 1.51. The topological polar surface area (TPSA) is 61.4 Å². The number of rotatable bonds is 8. The van der Waals surface area contributed by atoms with E-state index in [-0.39, 0.29) is 0 Å². The quantitative estimate of drug-likeness (QED) is 0.566. The molecule has 1 aromatic carbocycles. The second-order valence-electron chi connectivity index (χ2n) is 4.09. The highest BCUT2D eigenvalue weighted by atomic mass is 32.2. The summed E-state index contributed by atoms with van der Waals surface area (Å²) < 4.78 is 28.3. The number of nitrogens with zero attached hydrogens (tertiary/aromatic N) is 1. The van der Waals surface area contributed by atoms with Crippen molar-refractivity contribution in [2.24, 2.45) is 0 Å². The highest BCUT2D eigenvalue weighted by Gasteiger charge is 2.18. The summed E-state index contributed by atoms with van der Waals surface area (Å²) in [6.45, 7) is 1.28. The Hall–Kier alpha value is -0.760. The van der Waals surface area contributed by atoms with Gasteiger partial charge in [0.05, 0.1) is 5.69 Å². The van der Waals surface area contributed by atoms with Gasteiger partial charge in [-0.25, -0.2) is 0 Å². The Bertz CT molecular complexity index is 492. The molecule has 0 spiro atoms. The maximum Gasteiger partial charge on any atom is 0.301 e. The van der Waals surface area contributed by atoms with E-state index in [2.05, 4.69) is 10.0 Å². The monoisotopic (exact) mass is 303 g/mol. The van der Waals surface area contributed by atoms with E-state index >= 15 is 0 Å². The van der Waals surface area contributed by atoms with Gasteiger partial charge in [-0.1, -0.05) is 12.1 Å². The molecule has 0 aromatic heterocycles. The fraction of sp³-hybridized carbons (Fsp3) is 0.500. The molecule has 0 unspecified atom stereocenters. The van der Waals surface area contributed by atoms with Crippen LogP contribution in [0, 0.1) is 0 Å². The third kappa shape index (κ3) is 5.02. The normalized spacial score (nSPS) is 11.8. The van der Waals surface area contributed by atoms with Crippen LogP contribution in [0.15, 0.2) is 29.2 Å². The molecule has 0 aliphatic heterocycles. The van der Waals surface area contributed by atoms with Gasteiger partial charge in [0, 0.05) is 18.5 Å². The number of para-hydroxylation sites is 1. The Labute approximate surface area is 119 Å². The zero-order valence-corrected chi connectivity index (χ0v) is 13.1. The van der Waals surface area contributed by atoms with E-state index in [1.165, 1.54) is 16.1 Å². The van der Waals surface area contributed by atoms with E-state index in [1.807, 2.05) is 31.5 Å². The van der Waals surface area contributed by atoms with Crippen molar-refractivity contribution in [3.8, 4) is 0 Å². The van der Waals surface area contributed by atoms with E-state index in [4.69, 9.17) is 0 Å². The van der Waals surface area contributed by atoms with E-state index in [0.29, 0.717) is 12.2 Å². The fourth-order valence-electron chi connectivity index (χ4n) is 1.54. The zero-order valence-electron chi connectivity index (χ0n) is 11.5. The van der Waals surface area contributed by atoms with Crippen LogP contribution >= 0.6 is 11.8 Å². The Morgan fingerprint density at radius 2 is 2.00 bits per heavy atom. The first-order chi connectivity index (χ1) is 9.01. The molecule has 0 atom stereocenters. The van der Waals surface area contributed by atoms with Gasteiger partial charge in [0.2, 0.25) is 0 Å². The van der Waals surface area contributed by atoms with Crippen LogP contribution in [0.1, 0.15) is 6.42 Å². The van der Waals surface area contributed by atoms with Crippen LogP contribution < -0.4 is 10.0 Å². The van der Waals surface area contributed by atoms with Crippen LogP contribution in [-0.2, 0) is 10.2 Å². The molecule has 2 N–H and O–H groups in total. The molecule has 0 saturated heterocycles. The minimum atomic E-state index is -3.48. The van der Waals surface area contributed by atoms with Gasteiger partial charge in [-0.05, 0) is 38.4 Å². The molecule has 0 aliphatic rings. The van der Waals surface area contributed by atoms with Gasteiger partial charge in [-0.2, -0.15) is 12.7 Å². The van der Waals surface area contributed by atoms with Crippen LogP contribution in [0.5, 0.6) is 0 Å². The van der Waals surface area contributed by atoms with Crippen molar-refractivity contribution in [1.29, 1.82) is 0 Å². The Morgan fingerprint density at radius 1 is 1.32 bits per heavy atom. The number of benzene rings is 1. The molecule has 0 heterocycles. The summed E-state index contributed by atoms with van der Waals surface area (Å²) in [4.78, 5) is 0.912. The largest absolute Gasteiger partial charge is 0.320 e. The zero-order chi connectivity index (χ0) is 14.3.